The fourth-order valence-electron chi connectivity index (χ4n) is 3.43. The molecular weight excluding hydrogens is 406 g/mol. The third-order valence-electron chi connectivity index (χ3n) is 4.65. The number of anilines is 1. The maximum absolute atomic E-state index is 13.7. The van der Waals surface area contributed by atoms with Gasteiger partial charge in [0.2, 0.25) is 0 Å². The smallest absolute Gasteiger partial charge is 0.416 e. The molecule has 9 heteroatoms. The Balaban J connectivity index is 2.24. The monoisotopic (exact) mass is 425 g/mol. The average Bonchev–Trinajstić information content (AvgIpc) is 2.68. The molecule has 0 fully saturated rings. The van der Waals surface area contributed by atoms with Crippen LogP contribution in [-0.2, 0) is 27.0 Å². The van der Waals surface area contributed by atoms with Gasteiger partial charge in [0.25, 0.3) is 0 Å². The second kappa shape index (κ2) is 8.35. The van der Waals surface area contributed by atoms with Gasteiger partial charge in [0, 0.05) is 18.7 Å². The van der Waals surface area contributed by atoms with Crippen molar-refractivity contribution in [1.29, 1.82) is 0 Å². The highest BCUT2D eigenvalue weighted by Crippen LogP contribution is 2.43. The van der Waals surface area contributed by atoms with Gasteiger partial charge in [0.15, 0.2) is 6.23 Å². The number of fused-ring (bicyclic) bond motifs is 1. The van der Waals surface area contributed by atoms with Crippen LogP contribution in [0.4, 0.5) is 23.2 Å². The lowest BCUT2D eigenvalue weighted by Crippen LogP contribution is -2.44. The van der Waals surface area contributed by atoms with E-state index in [1.807, 2.05) is 0 Å². The molecule has 5 nitrogen and oxygen atoms in total. The van der Waals surface area contributed by atoms with Crippen molar-refractivity contribution in [3.05, 3.63) is 70.5 Å². The first kappa shape index (κ1) is 21.6. The van der Waals surface area contributed by atoms with Gasteiger partial charge in [-0.1, -0.05) is 12.1 Å². The topological polar surface area (TPSA) is 59.0 Å². The average molecular weight is 425 g/mol. The van der Waals surface area contributed by atoms with Crippen LogP contribution in [0.15, 0.2) is 48.0 Å². The van der Waals surface area contributed by atoms with Crippen LogP contribution in [0.25, 0.3) is 5.76 Å². The van der Waals surface area contributed by atoms with E-state index in [2.05, 4.69) is 0 Å². The molecule has 1 unspecified atom stereocenters. The van der Waals surface area contributed by atoms with E-state index < -0.39 is 29.8 Å². The molecule has 0 bridgehead atoms. The quantitative estimate of drug-likeness (QED) is 0.682. The van der Waals surface area contributed by atoms with Crippen LogP contribution >= 0.6 is 0 Å². The number of methoxy groups -OCH3 is 1. The molecule has 0 saturated heterocycles. The number of alkyl halides is 3. The highest BCUT2D eigenvalue weighted by molar-refractivity contribution is 6.00. The molecule has 3 rings (SSSR count). The summed E-state index contributed by atoms with van der Waals surface area (Å²) in [6, 6.07) is 8.46. The van der Waals surface area contributed by atoms with Crippen molar-refractivity contribution in [2.75, 3.05) is 18.6 Å². The van der Waals surface area contributed by atoms with Gasteiger partial charge < -0.3 is 19.5 Å². The Bertz CT molecular complexity index is 987. The third-order valence-corrected chi connectivity index (χ3v) is 4.65. The van der Waals surface area contributed by atoms with Crippen LogP contribution in [0.3, 0.4) is 0 Å². The third kappa shape index (κ3) is 4.11. The molecule has 1 atom stereocenters. The summed E-state index contributed by atoms with van der Waals surface area (Å²) in [6.07, 6.45) is -5.84. The van der Waals surface area contributed by atoms with Crippen molar-refractivity contribution in [3.63, 3.8) is 0 Å². The minimum Gasteiger partial charge on any atom is -0.495 e. The number of carboxylic acid groups (broad SMARTS) is 1. The van der Waals surface area contributed by atoms with Crippen LogP contribution in [0.1, 0.15) is 23.6 Å². The molecular formula is C21H19F4NO4. The Hall–Kier alpha value is -3.07. The predicted octanol–water partition coefficient (Wildman–Crippen LogP) is 4.67. The van der Waals surface area contributed by atoms with Crippen molar-refractivity contribution >= 4 is 17.4 Å². The van der Waals surface area contributed by atoms with E-state index in [1.54, 1.807) is 13.0 Å². The Morgan fingerprint density at radius 3 is 2.50 bits per heavy atom. The van der Waals surface area contributed by atoms with E-state index in [1.165, 1.54) is 36.3 Å². The van der Waals surface area contributed by atoms with Crippen LogP contribution < -0.4 is 4.90 Å². The van der Waals surface area contributed by atoms with E-state index in [0.717, 1.165) is 12.1 Å². The van der Waals surface area contributed by atoms with Gasteiger partial charge in [-0.2, -0.15) is 13.2 Å². The minimum atomic E-state index is -4.61. The van der Waals surface area contributed by atoms with E-state index in [-0.39, 0.29) is 35.7 Å². The molecule has 1 N–H and O–H groups in total. The van der Waals surface area contributed by atoms with E-state index in [4.69, 9.17) is 9.47 Å². The molecule has 1 aliphatic rings. The number of carboxylic acids is 1. The maximum Gasteiger partial charge on any atom is 0.416 e. The summed E-state index contributed by atoms with van der Waals surface area (Å²) in [5.74, 6) is -1.94. The molecule has 0 spiro atoms. The highest BCUT2D eigenvalue weighted by atomic mass is 19.4. The molecule has 0 saturated carbocycles. The number of nitrogens with zero attached hydrogens (tertiary/aromatic N) is 1. The molecule has 2 aromatic carbocycles. The van der Waals surface area contributed by atoms with Gasteiger partial charge in [-0.3, -0.25) is 0 Å². The molecule has 30 heavy (non-hydrogen) atoms. The summed E-state index contributed by atoms with van der Waals surface area (Å²) >= 11 is 0. The SMILES string of the molecule is CCOC1C(C(=O)O)=C(OC)c2ccc(C(F)(F)F)cc2N1Cc1cccc(F)c1. The van der Waals surface area contributed by atoms with Crippen molar-refractivity contribution in [1.82, 2.24) is 0 Å². The number of hydrogen-bond acceptors (Lipinski definition) is 4. The van der Waals surface area contributed by atoms with Gasteiger partial charge in [-0.25, -0.2) is 9.18 Å². The van der Waals surface area contributed by atoms with Gasteiger partial charge in [0.1, 0.15) is 17.1 Å². The predicted molar refractivity (Wildman–Crippen MR) is 101 cm³/mol. The van der Waals surface area contributed by atoms with Crippen molar-refractivity contribution in [2.45, 2.75) is 25.9 Å². The van der Waals surface area contributed by atoms with Crippen LogP contribution in [0.5, 0.6) is 0 Å². The van der Waals surface area contributed by atoms with Gasteiger partial charge in [-0.15, -0.1) is 0 Å². The number of aliphatic carboxylic acids is 1. The summed E-state index contributed by atoms with van der Waals surface area (Å²) in [5, 5.41) is 9.79. The molecule has 0 aromatic heterocycles. The molecule has 1 heterocycles. The number of halogens is 4. The Labute approximate surface area is 170 Å². The molecule has 2 aromatic rings. The number of benzene rings is 2. The second-order valence-electron chi connectivity index (χ2n) is 6.55. The molecule has 0 aliphatic carbocycles. The lowest BCUT2D eigenvalue weighted by atomic mass is 9.96. The van der Waals surface area contributed by atoms with Crippen molar-refractivity contribution in [2.24, 2.45) is 0 Å². The Morgan fingerprint density at radius 2 is 1.93 bits per heavy atom. The van der Waals surface area contributed by atoms with E-state index >= 15 is 0 Å². The van der Waals surface area contributed by atoms with Gasteiger partial charge in [0.05, 0.1) is 18.4 Å². The van der Waals surface area contributed by atoms with E-state index in [0.29, 0.717) is 5.56 Å². The largest absolute Gasteiger partial charge is 0.495 e. The zero-order valence-electron chi connectivity index (χ0n) is 16.2. The van der Waals surface area contributed by atoms with Gasteiger partial charge >= 0.3 is 12.1 Å². The number of carbonyl (C=O) groups is 1. The molecule has 160 valence electrons. The first-order chi connectivity index (χ1) is 14.2. The summed E-state index contributed by atoms with van der Waals surface area (Å²) < 4.78 is 64.6. The lowest BCUT2D eigenvalue weighted by molar-refractivity contribution is -0.138. The minimum absolute atomic E-state index is 0.0781. The van der Waals surface area contributed by atoms with Crippen LogP contribution in [0, 0.1) is 5.82 Å². The summed E-state index contributed by atoms with van der Waals surface area (Å²) in [5.41, 5.74) is -0.462. The lowest BCUT2D eigenvalue weighted by Gasteiger charge is -2.39. The molecule has 0 amide bonds. The first-order valence-electron chi connectivity index (χ1n) is 9.03. The number of rotatable bonds is 6. The Kier molecular flexibility index (Phi) is 6.02. The zero-order chi connectivity index (χ0) is 22.1. The Morgan fingerprint density at radius 1 is 1.20 bits per heavy atom. The second-order valence-corrected chi connectivity index (χ2v) is 6.55. The van der Waals surface area contributed by atoms with Crippen LogP contribution in [0.2, 0.25) is 0 Å². The fraction of sp³-hybridized carbons (Fsp3) is 0.286. The van der Waals surface area contributed by atoms with Crippen molar-refractivity contribution < 1.29 is 36.9 Å². The number of ether oxygens (including phenoxy) is 2. The fourth-order valence-corrected chi connectivity index (χ4v) is 3.43. The maximum atomic E-state index is 13.7. The van der Waals surface area contributed by atoms with E-state index in [9.17, 15) is 27.5 Å². The van der Waals surface area contributed by atoms with Crippen molar-refractivity contribution in [3.8, 4) is 0 Å². The highest BCUT2D eigenvalue weighted by Gasteiger charge is 2.40. The molecule has 1 aliphatic heterocycles. The first-order valence-corrected chi connectivity index (χ1v) is 9.03. The summed E-state index contributed by atoms with van der Waals surface area (Å²) in [4.78, 5) is 13.4. The summed E-state index contributed by atoms with van der Waals surface area (Å²) in [6.45, 7) is 1.64. The van der Waals surface area contributed by atoms with Crippen LogP contribution in [-0.4, -0.2) is 31.0 Å². The number of hydrogen-bond donors (Lipinski definition) is 1. The zero-order valence-corrected chi connectivity index (χ0v) is 16.2. The molecule has 0 radical (unpaired) electrons. The van der Waals surface area contributed by atoms with Gasteiger partial charge in [-0.05, 0) is 42.8 Å². The normalized spacial score (nSPS) is 16.5. The summed E-state index contributed by atoms with van der Waals surface area (Å²) in [7, 11) is 1.24. The standard InChI is InChI=1S/C21H19F4NO4/c1-3-30-19-17(20(27)28)18(29-2)15-8-7-13(21(23,24)25)10-16(15)26(19)11-12-5-4-6-14(22)9-12/h4-10,19H,3,11H2,1-2H3,(H,27,28).